The van der Waals surface area contributed by atoms with Crippen LogP contribution in [0.4, 0.5) is 4.39 Å². The lowest BCUT2D eigenvalue weighted by molar-refractivity contribution is -0.140. The molecule has 38 heavy (non-hydrogen) atoms. The molecule has 0 N–H and O–H groups in total. The molecule has 0 radical (unpaired) electrons. The Morgan fingerprint density at radius 2 is 1.87 bits per heavy atom. The maximum absolute atomic E-state index is 14.3. The summed E-state index contributed by atoms with van der Waals surface area (Å²) in [6.45, 7) is 14.2. The number of hydrogen-bond donors (Lipinski definition) is 0. The first kappa shape index (κ1) is 27.8. The zero-order chi connectivity index (χ0) is 27.2. The minimum absolute atomic E-state index is 0.00103. The Labute approximate surface area is 226 Å². The van der Waals surface area contributed by atoms with Crippen LogP contribution >= 0.6 is 0 Å². The molecule has 2 aliphatic heterocycles. The lowest BCUT2D eigenvalue weighted by atomic mass is 9.87. The maximum atomic E-state index is 14.3. The van der Waals surface area contributed by atoms with Gasteiger partial charge in [0.15, 0.2) is 6.10 Å². The van der Waals surface area contributed by atoms with Crippen LogP contribution in [-0.4, -0.2) is 71.9 Å². The average molecular weight is 522 g/mol. The van der Waals surface area contributed by atoms with Gasteiger partial charge in [-0.05, 0) is 59.7 Å². The third-order valence-corrected chi connectivity index (χ3v) is 7.41. The van der Waals surface area contributed by atoms with Crippen LogP contribution in [0.25, 0.3) is 0 Å². The summed E-state index contributed by atoms with van der Waals surface area (Å²) in [5.74, 6) is 0.543. The van der Waals surface area contributed by atoms with E-state index in [1.165, 1.54) is 12.1 Å². The van der Waals surface area contributed by atoms with E-state index in [0.717, 1.165) is 42.7 Å². The standard InChI is InChI=1S/C31H40FN3O3/c1-5-13-33-15-17-34(18-16-33)31(37)28(6-2)38-26-11-10-23-12-14-35(29(36)19-22(3)4)30(27(23)21-26)24-8-7-9-25(32)20-24/h5,7-11,20-22,28,30H,1,6,12-19H2,2-4H3/t28-,30-/m0/s1. The first-order chi connectivity index (χ1) is 18.3. The van der Waals surface area contributed by atoms with Gasteiger partial charge >= 0.3 is 0 Å². The predicted molar refractivity (Wildman–Crippen MR) is 147 cm³/mol. The number of hydrogen-bond acceptors (Lipinski definition) is 4. The maximum Gasteiger partial charge on any atom is 0.263 e. The second kappa shape index (κ2) is 12.6. The normalized spacial score (nSPS) is 18.7. The summed E-state index contributed by atoms with van der Waals surface area (Å²) in [7, 11) is 0. The van der Waals surface area contributed by atoms with Gasteiger partial charge in [-0.15, -0.1) is 6.58 Å². The fourth-order valence-corrected chi connectivity index (χ4v) is 5.45. The van der Waals surface area contributed by atoms with Crippen LogP contribution in [0.2, 0.25) is 0 Å². The van der Waals surface area contributed by atoms with Gasteiger partial charge in [0.1, 0.15) is 11.6 Å². The molecule has 7 heteroatoms. The molecule has 0 bridgehead atoms. The van der Waals surface area contributed by atoms with E-state index >= 15 is 0 Å². The Morgan fingerprint density at radius 1 is 1.11 bits per heavy atom. The Hall–Kier alpha value is -3.19. The van der Waals surface area contributed by atoms with Crippen molar-refractivity contribution in [1.82, 2.24) is 14.7 Å². The van der Waals surface area contributed by atoms with Crippen molar-refractivity contribution in [2.45, 2.75) is 52.2 Å². The molecule has 2 aliphatic rings. The van der Waals surface area contributed by atoms with Crippen LogP contribution in [0, 0.1) is 11.7 Å². The second-order valence-electron chi connectivity index (χ2n) is 10.7. The van der Waals surface area contributed by atoms with Gasteiger partial charge in [-0.3, -0.25) is 14.5 Å². The van der Waals surface area contributed by atoms with Crippen molar-refractivity contribution in [3.63, 3.8) is 0 Å². The minimum Gasteiger partial charge on any atom is -0.481 e. The third-order valence-electron chi connectivity index (χ3n) is 7.41. The zero-order valence-corrected chi connectivity index (χ0v) is 22.9. The Kier molecular flexibility index (Phi) is 9.21. The van der Waals surface area contributed by atoms with E-state index in [2.05, 4.69) is 11.5 Å². The van der Waals surface area contributed by atoms with Gasteiger partial charge in [-0.2, -0.15) is 0 Å². The Bertz CT molecular complexity index is 1140. The fourth-order valence-electron chi connectivity index (χ4n) is 5.45. The summed E-state index contributed by atoms with van der Waals surface area (Å²) >= 11 is 0. The summed E-state index contributed by atoms with van der Waals surface area (Å²) in [6.07, 6.45) is 3.00. The number of nitrogens with zero attached hydrogens (tertiary/aromatic N) is 3. The lowest BCUT2D eigenvalue weighted by Gasteiger charge is -2.38. The largest absolute Gasteiger partial charge is 0.481 e. The molecule has 0 aliphatic carbocycles. The van der Waals surface area contributed by atoms with Gasteiger partial charge < -0.3 is 14.5 Å². The average Bonchev–Trinajstić information content (AvgIpc) is 2.90. The number of benzene rings is 2. The highest BCUT2D eigenvalue weighted by Crippen LogP contribution is 2.38. The molecule has 6 nitrogen and oxygen atoms in total. The molecule has 1 fully saturated rings. The van der Waals surface area contributed by atoms with Crippen molar-refractivity contribution in [3.8, 4) is 5.75 Å². The van der Waals surface area contributed by atoms with E-state index in [-0.39, 0.29) is 23.5 Å². The Morgan fingerprint density at radius 3 is 2.53 bits per heavy atom. The van der Waals surface area contributed by atoms with Crippen molar-refractivity contribution >= 4 is 11.8 Å². The molecular formula is C31H40FN3O3. The van der Waals surface area contributed by atoms with Gasteiger partial charge in [0, 0.05) is 45.7 Å². The molecule has 2 atom stereocenters. The lowest BCUT2D eigenvalue weighted by Crippen LogP contribution is -2.52. The third kappa shape index (κ3) is 6.44. The minimum atomic E-state index is -0.589. The first-order valence-electron chi connectivity index (χ1n) is 13.8. The second-order valence-corrected chi connectivity index (χ2v) is 10.7. The molecule has 204 valence electrons. The first-order valence-corrected chi connectivity index (χ1v) is 13.8. The molecule has 0 unspecified atom stereocenters. The summed E-state index contributed by atoms with van der Waals surface area (Å²) < 4.78 is 20.6. The van der Waals surface area contributed by atoms with Crippen LogP contribution in [0.15, 0.2) is 55.1 Å². The number of carbonyl (C=O) groups excluding carboxylic acids is 2. The number of amides is 2. The van der Waals surface area contributed by atoms with Crippen molar-refractivity contribution in [2.24, 2.45) is 5.92 Å². The molecule has 2 aromatic carbocycles. The number of halogens is 1. The van der Waals surface area contributed by atoms with Crippen molar-refractivity contribution in [2.75, 3.05) is 39.3 Å². The van der Waals surface area contributed by atoms with Gasteiger partial charge in [0.2, 0.25) is 5.91 Å². The van der Waals surface area contributed by atoms with Crippen molar-refractivity contribution in [1.29, 1.82) is 0 Å². The molecular weight excluding hydrogens is 481 g/mol. The summed E-state index contributed by atoms with van der Waals surface area (Å²) in [6, 6.07) is 11.9. The molecule has 0 spiro atoms. The molecule has 2 amide bonds. The quantitative estimate of drug-likeness (QED) is 0.444. The van der Waals surface area contributed by atoms with E-state index in [9.17, 15) is 14.0 Å². The molecule has 4 rings (SSSR count). The molecule has 2 aromatic rings. The van der Waals surface area contributed by atoms with Crippen molar-refractivity contribution in [3.05, 3.63) is 77.6 Å². The number of piperazine rings is 1. The van der Waals surface area contributed by atoms with Crippen LogP contribution in [-0.2, 0) is 16.0 Å². The van der Waals surface area contributed by atoms with E-state index in [0.29, 0.717) is 38.2 Å². The highest BCUT2D eigenvalue weighted by Gasteiger charge is 2.33. The number of carbonyl (C=O) groups is 2. The van der Waals surface area contributed by atoms with E-state index < -0.39 is 12.1 Å². The highest BCUT2D eigenvalue weighted by atomic mass is 19.1. The molecule has 0 aromatic heterocycles. The topological polar surface area (TPSA) is 53.1 Å². The number of rotatable bonds is 9. The summed E-state index contributed by atoms with van der Waals surface area (Å²) in [4.78, 5) is 32.6. The fraction of sp³-hybridized carbons (Fsp3) is 0.484. The van der Waals surface area contributed by atoms with Gasteiger partial charge in [0.05, 0.1) is 6.04 Å². The predicted octanol–water partition coefficient (Wildman–Crippen LogP) is 4.83. The van der Waals surface area contributed by atoms with E-state index in [4.69, 9.17) is 4.74 Å². The zero-order valence-electron chi connectivity index (χ0n) is 22.9. The number of ether oxygens (including phenoxy) is 1. The number of fused-ring (bicyclic) bond motifs is 1. The van der Waals surface area contributed by atoms with Gasteiger partial charge in [-0.25, -0.2) is 4.39 Å². The molecule has 0 saturated carbocycles. The smallest absolute Gasteiger partial charge is 0.263 e. The van der Waals surface area contributed by atoms with Crippen LogP contribution in [0.3, 0.4) is 0 Å². The van der Waals surface area contributed by atoms with Crippen LogP contribution in [0.1, 0.15) is 56.3 Å². The molecule has 2 heterocycles. The Balaban J connectivity index is 1.59. The van der Waals surface area contributed by atoms with E-state index in [1.807, 2.05) is 60.9 Å². The summed E-state index contributed by atoms with van der Waals surface area (Å²) in [5.41, 5.74) is 2.77. The van der Waals surface area contributed by atoms with Gasteiger partial charge in [-0.1, -0.05) is 45.0 Å². The van der Waals surface area contributed by atoms with Crippen LogP contribution in [0.5, 0.6) is 5.75 Å². The monoisotopic (exact) mass is 521 g/mol. The highest BCUT2D eigenvalue weighted by molar-refractivity contribution is 5.81. The van der Waals surface area contributed by atoms with Gasteiger partial charge in [0.25, 0.3) is 5.91 Å². The SMILES string of the molecule is C=CCN1CCN(C(=O)[C@H](CC)Oc2ccc3c(c2)[C@H](c2cccc(F)c2)N(C(=O)CC(C)C)CC3)CC1. The van der Waals surface area contributed by atoms with E-state index in [1.54, 1.807) is 6.07 Å². The van der Waals surface area contributed by atoms with Crippen molar-refractivity contribution < 1.29 is 18.7 Å². The summed E-state index contributed by atoms with van der Waals surface area (Å²) in [5, 5.41) is 0. The van der Waals surface area contributed by atoms with Crippen LogP contribution < -0.4 is 4.74 Å². The molecule has 1 saturated heterocycles.